The summed E-state index contributed by atoms with van der Waals surface area (Å²) in [5, 5.41) is 8.08. The lowest BCUT2D eigenvalue weighted by molar-refractivity contribution is -0.00922. The smallest absolute Gasteiger partial charge is 0.249 e. The van der Waals surface area contributed by atoms with E-state index in [9.17, 15) is 8.78 Å². The number of hydrogen-bond donors (Lipinski definition) is 1. The van der Waals surface area contributed by atoms with Crippen LogP contribution in [0.5, 0.6) is 5.88 Å². The summed E-state index contributed by atoms with van der Waals surface area (Å²) in [6.45, 7) is 0.887. The van der Waals surface area contributed by atoms with Crippen molar-refractivity contribution in [2.45, 2.75) is 50.6 Å². The molecule has 1 spiro atoms. The van der Waals surface area contributed by atoms with Crippen molar-refractivity contribution in [1.82, 2.24) is 4.98 Å². The van der Waals surface area contributed by atoms with E-state index in [2.05, 4.69) is 4.98 Å². The lowest BCUT2D eigenvalue weighted by atomic mass is 9.74. The second-order valence-electron chi connectivity index (χ2n) is 5.74. The van der Waals surface area contributed by atoms with Gasteiger partial charge in [-0.15, -0.1) is 0 Å². The highest BCUT2D eigenvalue weighted by atomic mass is 19.3. The number of ether oxygens (including phenoxy) is 1. The van der Waals surface area contributed by atoms with Crippen LogP contribution in [0, 0.1) is 5.41 Å². The molecule has 0 unspecified atom stereocenters. The van der Waals surface area contributed by atoms with Crippen molar-refractivity contribution < 1.29 is 13.5 Å². The summed E-state index contributed by atoms with van der Waals surface area (Å²) in [5.41, 5.74) is 1.23. The van der Waals surface area contributed by atoms with Crippen molar-refractivity contribution >= 4 is 5.71 Å². The molecule has 1 aromatic rings. The van der Waals surface area contributed by atoms with Crippen LogP contribution in [-0.2, 0) is 6.42 Å². The first-order chi connectivity index (χ1) is 8.87. The Kier molecular flexibility index (Phi) is 2.62. The maximum absolute atomic E-state index is 13.0. The molecule has 3 rings (SSSR count). The molecular weight excluding hydrogens is 250 g/mol. The zero-order valence-electron chi connectivity index (χ0n) is 10.8. The highest BCUT2D eigenvalue weighted by molar-refractivity contribution is 6.02. The predicted octanol–water partition coefficient (Wildman–Crippen LogP) is 3.35. The van der Waals surface area contributed by atoms with Crippen LogP contribution in [0.4, 0.5) is 8.78 Å². The fourth-order valence-electron chi connectivity index (χ4n) is 2.76. The summed E-state index contributed by atoms with van der Waals surface area (Å²) < 4.78 is 31.9. The van der Waals surface area contributed by atoms with Crippen molar-refractivity contribution in [1.29, 1.82) is 5.41 Å². The second kappa shape index (κ2) is 3.99. The van der Waals surface area contributed by atoms with E-state index in [1.54, 1.807) is 6.07 Å². The Bertz CT molecular complexity index is 533. The van der Waals surface area contributed by atoms with Gasteiger partial charge in [-0.25, -0.2) is 13.8 Å². The predicted molar refractivity (Wildman–Crippen MR) is 67.2 cm³/mol. The quantitative estimate of drug-likeness (QED) is 0.892. The van der Waals surface area contributed by atoms with E-state index in [-0.39, 0.29) is 12.0 Å². The summed E-state index contributed by atoms with van der Waals surface area (Å²) in [6.07, 6.45) is 4.65. The van der Waals surface area contributed by atoms with Crippen LogP contribution in [0.2, 0.25) is 0 Å². The van der Waals surface area contributed by atoms with Crippen molar-refractivity contribution in [3.05, 3.63) is 23.4 Å². The Morgan fingerprint density at radius 1 is 1.47 bits per heavy atom. The fraction of sp³-hybridized carbons (Fsp3) is 0.571. The monoisotopic (exact) mass is 266 g/mol. The molecule has 0 aromatic carbocycles. The number of halogens is 2. The number of pyridine rings is 1. The maximum Gasteiger partial charge on any atom is 0.249 e. The highest BCUT2D eigenvalue weighted by Gasteiger charge is 2.44. The van der Waals surface area contributed by atoms with Crippen LogP contribution in [0.1, 0.15) is 43.7 Å². The zero-order valence-corrected chi connectivity index (χ0v) is 10.8. The van der Waals surface area contributed by atoms with E-state index < -0.39 is 5.92 Å². The molecule has 2 heterocycles. The minimum absolute atomic E-state index is 0.243. The van der Waals surface area contributed by atoms with Crippen LogP contribution in [-0.4, -0.2) is 22.2 Å². The van der Waals surface area contributed by atoms with Crippen LogP contribution >= 0.6 is 0 Å². The summed E-state index contributed by atoms with van der Waals surface area (Å²) in [6, 6.07) is 1.62. The van der Waals surface area contributed by atoms with Crippen LogP contribution in [0.25, 0.3) is 0 Å². The molecule has 19 heavy (non-hydrogen) atoms. The highest BCUT2D eigenvalue weighted by Crippen LogP contribution is 2.44. The molecule has 0 saturated heterocycles. The number of alkyl halides is 2. The van der Waals surface area contributed by atoms with Gasteiger partial charge in [-0.2, -0.15) is 0 Å². The summed E-state index contributed by atoms with van der Waals surface area (Å²) in [4.78, 5) is 4.13. The SMILES string of the molecule is CC(F)(F)Cc1cnc2c(c1)C(=N)CC1(CCC1)O2. The van der Waals surface area contributed by atoms with Crippen LogP contribution in [0.3, 0.4) is 0 Å². The first-order valence-corrected chi connectivity index (χ1v) is 6.51. The number of rotatable bonds is 2. The molecule has 0 atom stereocenters. The average molecular weight is 266 g/mol. The first kappa shape index (κ1) is 12.5. The van der Waals surface area contributed by atoms with E-state index in [0.717, 1.165) is 26.2 Å². The number of hydrogen-bond acceptors (Lipinski definition) is 3. The fourth-order valence-corrected chi connectivity index (χ4v) is 2.76. The molecule has 3 nitrogen and oxygen atoms in total. The second-order valence-corrected chi connectivity index (χ2v) is 5.74. The third-order valence-corrected chi connectivity index (χ3v) is 3.82. The molecule has 0 bridgehead atoms. The minimum atomic E-state index is -2.76. The van der Waals surface area contributed by atoms with Crippen LogP contribution in [0.15, 0.2) is 12.3 Å². The number of fused-ring (bicyclic) bond motifs is 1. The topological polar surface area (TPSA) is 46.0 Å². The minimum Gasteiger partial charge on any atom is -0.470 e. The Labute approximate surface area is 110 Å². The molecule has 1 aliphatic carbocycles. The van der Waals surface area contributed by atoms with Crippen molar-refractivity contribution in [3.63, 3.8) is 0 Å². The van der Waals surface area contributed by atoms with Gasteiger partial charge >= 0.3 is 0 Å². The molecule has 2 aliphatic rings. The van der Waals surface area contributed by atoms with Crippen molar-refractivity contribution in [2.24, 2.45) is 0 Å². The van der Waals surface area contributed by atoms with Gasteiger partial charge in [0.05, 0.1) is 5.56 Å². The lowest BCUT2D eigenvalue weighted by Gasteiger charge is -2.44. The van der Waals surface area contributed by atoms with Crippen molar-refractivity contribution in [3.8, 4) is 5.88 Å². The third-order valence-electron chi connectivity index (χ3n) is 3.82. The Morgan fingerprint density at radius 3 is 2.79 bits per heavy atom. The van der Waals surface area contributed by atoms with Gasteiger partial charge in [0.2, 0.25) is 11.8 Å². The summed E-state index contributed by atoms with van der Waals surface area (Å²) >= 11 is 0. The van der Waals surface area contributed by atoms with E-state index in [0.29, 0.717) is 29.1 Å². The molecular formula is C14H16F2N2O. The van der Waals surface area contributed by atoms with Gasteiger partial charge in [0.15, 0.2) is 0 Å². The van der Waals surface area contributed by atoms with Gasteiger partial charge in [0.25, 0.3) is 0 Å². The van der Waals surface area contributed by atoms with Gasteiger partial charge in [-0.05, 0) is 37.8 Å². The van der Waals surface area contributed by atoms with Gasteiger partial charge in [0, 0.05) is 24.8 Å². The normalized spacial score (nSPS) is 20.7. The number of nitrogens with zero attached hydrogens (tertiary/aromatic N) is 1. The first-order valence-electron chi connectivity index (χ1n) is 6.51. The Hall–Kier alpha value is -1.52. The molecule has 0 radical (unpaired) electrons. The summed E-state index contributed by atoms with van der Waals surface area (Å²) in [5.74, 6) is -2.33. The Morgan fingerprint density at radius 2 is 2.21 bits per heavy atom. The standard InChI is InChI=1S/C14H16F2N2O/c1-13(15,16)6-9-5-10-11(17)7-14(3-2-4-14)19-12(10)18-8-9/h5,8,17H,2-4,6-7H2,1H3. The molecule has 1 aromatic heterocycles. The number of aromatic nitrogens is 1. The Balaban J connectivity index is 1.89. The largest absolute Gasteiger partial charge is 0.470 e. The summed E-state index contributed by atoms with van der Waals surface area (Å²) in [7, 11) is 0. The van der Waals surface area contributed by atoms with E-state index in [1.807, 2.05) is 0 Å². The number of nitrogens with one attached hydrogen (secondary N) is 1. The molecule has 1 saturated carbocycles. The molecule has 5 heteroatoms. The molecule has 102 valence electrons. The molecule has 0 amide bonds. The average Bonchev–Trinajstić information content (AvgIpc) is 2.25. The molecule has 1 aliphatic heterocycles. The zero-order chi connectivity index (χ0) is 13.7. The van der Waals surface area contributed by atoms with Gasteiger partial charge in [-0.3, -0.25) is 0 Å². The van der Waals surface area contributed by atoms with Gasteiger partial charge in [0.1, 0.15) is 5.60 Å². The van der Waals surface area contributed by atoms with E-state index in [1.165, 1.54) is 6.20 Å². The van der Waals surface area contributed by atoms with E-state index in [4.69, 9.17) is 10.1 Å². The van der Waals surface area contributed by atoms with Gasteiger partial charge < -0.3 is 10.1 Å². The van der Waals surface area contributed by atoms with Crippen molar-refractivity contribution in [2.75, 3.05) is 0 Å². The maximum atomic E-state index is 13.0. The van der Waals surface area contributed by atoms with Crippen LogP contribution < -0.4 is 4.74 Å². The van der Waals surface area contributed by atoms with Gasteiger partial charge in [-0.1, -0.05) is 0 Å². The molecule has 1 fully saturated rings. The lowest BCUT2D eigenvalue weighted by Crippen LogP contribution is -2.48. The van der Waals surface area contributed by atoms with E-state index >= 15 is 0 Å². The third kappa shape index (κ3) is 2.33. The molecule has 1 N–H and O–H groups in total.